The molecule has 100 valence electrons. The number of rotatable bonds is 4. The lowest BCUT2D eigenvalue weighted by Crippen LogP contribution is -2.11. The second-order valence-corrected chi connectivity index (χ2v) is 4.91. The van der Waals surface area contributed by atoms with Crippen LogP contribution in [0.2, 0.25) is 5.02 Å². The molecule has 0 aliphatic rings. The summed E-state index contributed by atoms with van der Waals surface area (Å²) in [6, 6.07) is 11.0. The van der Waals surface area contributed by atoms with Crippen LogP contribution in [0.1, 0.15) is 18.1 Å². The van der Waals surface area contributed by atoms with Crippen molar-refractivity contribution in [2.75, 3.05) is 6.54 Å². The van der Waals surface area contributed by atoms with Crippen molar-refractivity contribution in [2.24, 2.45) is 0 Å². The van der Waals surface area contributed by atoms with Crippen LogP contribution in [0.15, 0.2) is 36.4 Å². The monoisotopic (exact) mass is 277 g/mol. The highest BCUT2D eigenvalue weighted by atomic mass is 35.5. The quantitative estimate of drug-likeness (QED) is 0.864. The molecule has 0 saturated carbocycles. The summed E-state index contributed by atoms with van der Waals surface area (Å²) in [6.07, 6.45) is 0. The van der Waals surface area contributed by atoms with Gasteiger partial charge in [0.2, 0.25) is 0 Å². The molecular weight excluding hydrogens is 261 g/mol. The summed E-state index contributed by atoms with van der Waals surface area (Å²) in [5.41, 5.74) is 3.48. The van der Waals surface area contributed by atoms with Gasteiger partial charge >= 0.3 is 0 Å². The summed E-state index contributed by atoms with van der Waals surface area (Å²) in [6.45, 7) is 5.54. The van der Waals surface area contributed by atoms with Gasteiger partial charge in [-0.25, -0.2) is 4.39 Å². The molecule has 0 spiro atoms. The molecule has 0 unspecified atom stereocenters. The zero-order valence-corrected chi connectivity index (χ0v) is 11.9. The largest absolute Gasteiger partial charge is 0.313 e. The van der Waals surface area contributed by atoms with E-state index < -0.39 is 0 Å². The van der Waals surface area contributed by atoms with E-state index >= 15 is 0 Å². The molecule has 19 heavy (non-hydrogen) atoms. The van der Waals surface area contributed by atoms with E-state index in [9.17, 15) is 4.39 Å². The van der Waals surface area contributed by atoms with Gasteiger partial charge in [-0.1, -0.05) is 42.8 Å². The Balaban J connectivity index is 2.38. The third kappa shape index (κ3) is 3.14. The van der Waals surface area contributed by atoms with Gasteiger partial charge in [0.15, 0.2) is 0 Å². The van der Waals surface area contributed by atoms with Crippen LogP contribution < -0.4 is 5.32 Å². The van der Waals surface area contributed by atoms with Crippen molar-refractivity contribution in [2.45, 2.75) is 20.4 Å². The van der Waals surface area contributed by atoms with E-state index in [0.717, 1.165) is 29.8 Å². The Hall–Kier alpha value is -1.38. The van der Waals surface area contributed by atoms with Crippen molar-refractivity contribution >= 4 is 11.6 Å². The lowest BCUT2D eigenvalue weighted by Gasteiger charge is -2.11. The topological polar surface area (TPSA) is 12.0 Å². The molecule has 2 rings (SSSR count). The second kappa shape index (κ2) is 6.18. The normalized spacial score (nSPS) is 10.7. The Morgan fingerprint density at radius 2 is 1.95 bits per heavy atom. The maximum Gasteiger partial charge on any atom is 0.126 e. The van der Waals surface area contributed by atoms with Gasteiger partial charge in [-0.3, -0.25) is 0 Å². The predicted molar refractivity (Wildman–Crippen MR) is 79.0 cm³/mol. The molecule has 0 fully saturated rings. The maximum atomic E-state index is 13.6. The van der Waals surface area contributed by atoms with E-state index in [1.54, 1.807) is 13.0 Å². The number of halogens is 2. The first-order valence-electron chi connectivity index (χ1n) is 6.38. The predicted octanol–water partition coefficient (Wildman–Crippen LogP) is 4.56. The van der Waals surface area contributed by atoms with E-state index in [2.05, 4.69) is 12.2 Å². The standard InChI is InChI=1S/C16H17ClFN/c1-3-19-10-12-7-8-14(15(17)9-12)13-5-4-6-16(18)11(13)2/h4-9,19H,3,10H2,1-2H3. The molecule has 0 radical (unpaired) electrons. The minimum absolute atomic E-state index is 0.203. The molecule has 0 bridgehead atoms. The number of hydrogen-bond acceptors (Lipinski definition) is 1. The van der Waals surface area contributed by atoms with Crippen LogP contribution in [-0.4, -0.2) is 6.54 Å². The first kappa shape index (κ1) is 14.0. The van der Waals surface area contributed by atoms with Gasteiger partial charge < -0.3 is 5.32 Å². The minimum Gasteiger partial charge on any atom is -0.313 e. The molecule has 1 nitrogen and oxygen atoms in total. The second-order valence-electron chi connectivity index (χ2n) is 4.51. The van der Waals surface area contributed by atoms with Crippen LogP contribution in [-0.2, 0) is 6.54 Å². The van der Waals surface area contributed by atoms with E-state index in [-0.39, 0.29) is 5.82 Å². The molecule has 3 heteroatoms. The third-order valence-corrected chi connectivity index (χ3v) is 3.48. The van der Waals surface area contributed by atoms with E-state index in [4.69, 9.17) is 11.6 Å². The van der Waals surface area contributed by atoms with Crippen molar-refractivity contribution < 1.29 is 4.39 Å². The van der Waals surface area contributed by atoms with E-state index in [0.29, 0.717) is 10.6 Å². The Labute approximate surface area is 118 Å². The Morgan fingerprint density at radius 1 is 1.16 bits per heavy atom. The van der Waals surface area contributed by atoms with E-state index in [1.165, 1.54) is 6.07 Å². The molecular formula is C16H17ClFN. The molecule has 1 N–H and O–H groups in total. The summed E-state index contributed by atoms with van der Waals surface area (Å²) < 4.78 is 13.6. The van der Waals surface area contributed by atoms with E-state index in [1.807, 2.05) is 24.3 Å². The van der Waals surface area contributed by atoms with Gasteiger partial charge in [0.05, 0.1) is 0 Å². The van der Waals surface area contributed by atoms with Crippen molar-refractivity contribution in [3.05, 3.63) is 58.4 Å². The average molecular weight is 278 g/mol. The van der Waals surface area contributed by atoms with Crippen LogP contribution in [0.3, 0.4) is 0 Å². The van der Waals surface area contributed by atoms with Gasteiger partial charge in [-0.15, -0.1) is 0 Å². The molecule has 0 atom stereocenters. The number of nitrogens with one attached hydrogen (secondary N) is 1. The smallest absolute Gasteiger partial charge is 0.126 e. The van der Waals surface area contributed by atoms with Gasteiger partial charge in [0, 0.05) is 17.1 Å². The van der Waals surface area contributed by atoms with Gasteiger partial charge in [0.1, 0.15) is 5.82 Å². The summed E-state index contributed by atoms with van der Waals surface area (Å²) >= 11 is 6.32. The first-order valence-corrected chi connectivity index (χ1v) is 6.76. The Bertz CT molecular complexity index is 581. The lowest BCUT2D eigenvalue weighted by atomic mass is 9.99. The van der Waals surface area contributed by atoms with Crippen molar-refractivity contribution in [1.82, 2.24) is 5.32 Å². The van der Waals surface area contributed by atoms with Gasteiger partial charge in [-0.2, -0.15) is 0 Å². The molecule has 2 aromatic carbocycles. The maximum absolute atomic E-state index is 13.6. The molecule has 0 saturated heterocycles. The highest BCUT2D eigenvalue weighted by Crippen LogP contribution is 2.31. The van der Waals surface area contributed by atoms with Crippen molar-refractivity contribution in [3.8, 4) is 11.1 Å². The molecule has 0 aliphatic carbocycles. The average Bonchev–Trinajstić information content (AvgIpc) is 2.40. The van der Waals surface area contributed by atoms with Crippen LogP contribution in [0, 0.1) is 12.7 Å². The molecule has 0 aliphatic heterocycles. The van der Waals surface area contributed by atoms with Gasteiger partial charge in [-0.05, 0) is 42.3 Å². The zero-order chi connectivity index (χ0) is 13.8. The fourth-order valence-electron chi connectivity index (χ4n) is 2.06. The fraction of sp³-hybridized carbons (Fsp3) is 0.250. The van der Waals surface area contributed by atoms with Crippen LogP contribution in [0.5, 0.6) is 0 Å². The molecule has 0 aromatic heterocycles. The Kier molecular flexibility index (Phi) is 4.56. The number of benzene rings is 2. The summed E-state index contributed by atoms with van der Waals surface area (Å²) in [7, 11) is 0. The summed E-state index contributed by atoms with van der Waals surface area (Å²) in [4.78, 5) is 0. The number of hydrogen-bond donors (Lipinski definition) is 1. The van der Waals surface area contributed by atoms with Gasteiger partial charge in [0.25, 0.3) is 0 Å². The highest BCUT2D eigenvalue weighted by molar-refractivity contribution is 6.33. The minimum atomic E-state index is -0.203. The molecule has 2 aromatic rings. The fourth-order valence-corrected chi connectivity index (χ4v) is 2.36. The molecule has 0 amide bonds. The molecule has 0 heterocycles. The SMILES string of the molecule is CCNCc1ccc(-c2cccc(F)c2C)c(Cl)c1. The zero-order valence-electron chi connectivity index (χ0n) is 11.1. The lowest BCUT2D eigenvalue weighted by molar-refractivity contribution is 0.619. The Morgan fingerprint density at radius 3 is 2.63 bits per heavy atom. The van der Waals surface area contributed by atoms with Crippen LogP contribution in [0.4, 0.5) is 4.39 Å². The third-order valence-electron chi connectivity index (χ3n) is 3.17. The highest BCUT2D eigenvalue weighted by Gasteiger charge is 2.09. The van der Waals surface area contributed by atoms with Crippen LogP contribution >= 0.6 is 11.6 Å². The first-order chi connectivity index (χ1) is 9.13. The van der Waals surface area contributed by atoms with Crippen molar-refractivity contribution in [3.63, 3.8) is 0 Å². The summed E-state index contributed by atoms with van der Waals surface area (Å²) in [5, 5.41) is 3.91. The van der Waals surface area contributed by atoms with Crippen molar-refractivity contribution in [1.29, 1.82) is 0 Å². The summed E-state index contributed by atoms with van der Waals surface area (Å²) in [5.74, 6) is -0.203. The van der Waals surface area contributed by atoms with Crippen LogP contribution in [0.25, 0.3) is 11.1 Å².